The third-order valence-electron chi connectivity index (χ3n) is 5.06. The molecule has 1 unspecified atom stereocenters. The minimum Gasteiger partial charge on any atom is -0.306 e. The van der Waals surface area contributed by atoms with Crippen molar-refractivity contribution in [2.45, 2.75) is 45.2 Å². The molecule has 0 amide bonds. The van der Waals surface area contributed by atoms with Crippen LogP contribution in [0.2, 0.25) is 5.02 Å². The van der Waals surface area contributed by atoms with Gasteiger partial charge in [0.25, 0.3) is 0 Å². The molecule has 4 aromatic heterocycles. The van der Waals surface area contributed by atoms with Gasteiger partial charge in [-0.2, -0.15) is 13.2 Å². The Labute approximate surface area is 171 Å². The molecule has 4 aromatic rings. The molecule has 0 spiro atoms. The summed E-state index contributed by atoms with van der Waals surface area (Å²) in [4.78, 5) is 9.12. The van der Waals surface area contributed by atoms with E-state index in [0.29, 0.717) is 28.7 Å². The van der Waals surface area contributed by atoms with Crippen molar-refractivity contribution in [2.24, 2.45) is 0 Å². The molecule has 0 saturated heterocycles. The van der Waals surface area contributed by atoms with Crippen LogP contribution in [0.15, 0.2) is 43.0 Å². The highest BCUT2D eigenvalue weighted by Crippen LogP contribution is 2.30. The summed E-state index contributed by atoms with van der Waals surface area (Å²) in [7, 11) is 0. The van der Waals surface area contributed by atoms with E-state index in [1.54, 1.807) is 6.20 Å². The van der Waals surface area contributed by atoms with Gasteiger partial charge in [-0.05, 0) is 36.1 Å². The molecule has 0 aliphatic heterocycles. The number of imidazole rings is 2. The fourth-order valence-corrected chi connectivity index (χ4v) is 3.59. The first kappa shape index (κ1) is 19.8. The summed E-state index contributed by atoms with van der Waals surface area (Å²) in [5, 5.41) is 0.625. The molecule has 0 N–H and O–H groups in total. The Balaban J connectivity index is 1.63. The molecule has 0 aliphatic rings. The highest BCUT2D eigenvalue weighted by molar-refractivity contribution is 6.31. The second-order valence-electron chi connectivity index (χ2n) is 7.68. The molecular formula is C21H20ClF3N4. The number of aromatic nitrogens is 4. The van der Waals surface area contributed by atoms with Crippen LogP contribution in [0, 0.1) is 0 Å². The van der Waals surface area contributed by atoms with Gasteiger partial charge in [-0.25, -0.2) is 9.97 Å². The zero-order valence-electron chi connectivity index (χ0n) is 16.2. The molecule has 152 valence electrons. The molecule has 0 bridgehead atoms. The summed E-state index contributed by atoms with van der Waals surface area (Å²) in [6, 6.07) is 4.39. The zero-order valence-corrected chi connectivity index (χ0v) is 17.0. The number of rotatable bonds is 4. The molecule has 0 radical (unpaired) electrons. The third-order valence-corrected chi connectivity index (χ3v) is 5.40. The quantitative estimate of drug-likeness (QED) is 0.398. The van der Waals surface area contributed by atoms with Gasteiger partial charge in [0.2, 0.25) is 0 Å². The van der Waals surface area contributed by atoms with Gasteiger partial charge in [-0.3, -0.25) is 0 Å². The van der Waals surface area contributed by atoms with Crippen LogP contribution in [0.4, 0.5) is 13.2 Å². The average Bonchev–Trinajstić information content (AvgIpc) is 3.24. The maximum atomic E-state index is 12.9. The lowest BCUT2D eigenvalue weighted by Gasteiger charge is -2.10. The van der Waals surface area contributed by atoms with Crippen molar-refractivity contribution in [3.8, 4) is 0 Å². The van der Waals surface area contributed by atoms with Crippen LogP contribution in [0.3, 0.4) is 0 Å². The summed E-state index contributed by atoms with van der Waals surface area (Å²) >= 11 is 6.47. The van der Waals surface area contributed by atoms with Crippen LogP contribution in [-0.4, -0.2) is 18.8 Å². The van der Waals surface area contributed by atoms with E-state index in [2.05, 4.69) is 23.8 Å². The Hall–Kier alpha value is -2.54. The van der Waals surface area contributed by atoms with Crippen molar-refractivity contribution in [2.75, 3.05) is 0 Å². The van der Waals surface area contributed by atoms with Gasteiger partial charge in [0.05, 0.1) is 22.0 Å². The molecular weight excluding hydrogens is 401 g/mol. The minimum atomic E-state index is -4.38. The highest BCUT2D eigenvalue weighted by atomic mass is 35.5. The number of hydrogen-bond donors (Lipinski definition) is 0. The summed E-state index contributed by atoms with van der Waals surface area (Å²) in [5.74, 6) is 0.291. The molecule has 29 heavy (non-hydrogen) atoms. The third kappa shape index (κ3) is 3.83. The number of nitrogens with zero attached hydrogens (tertiary/aromatic N) is 4. The molecule has 4 nitrogen and oxygen atoms in total. The van der Waals surface area contributed by atoms with E-state index in [-0.39, 0.29) is 5.92 Å². The van der Waals surface area contributed by atoms with Crippen molar-refractivity contribution >= 4 is 22.9 Å². The SMILES string of the molecule is CC(C)c1cn2cc(Cl)c(CC(C)c3cn4cc(C(F)(F)F)ccc4n3)cc2n1. The summed E-state index contributed by atoms with van der Waals surface area (Å²) in [6.07, 6.45) is 2.75. The van der Waals surface area contributed by atoms with Crippen LogP contribution in [-0.2, 0) is 12.6 Å². The predicted molar refractivity (Wildman–Crippen MR) is 107 cm³/mol. The van der Waals surface area contributed by atoms with Gasteiger partial charge in [0, 0.05) is 30.7 Å². The van der Waals surface area contributed by atoms with Gasteiger partial charge in [-0.1, -0.05) is 32.4 Å². The zero-order chi connectivity index (χ0) is 20.9. The Bertz CT molecular complexity index is 1190. The van der Waals surface area contributed by atoms with E-state index in [1.165, 1.54) is 10.5 Å². The first-order valence-corrected chi connectivity index (χ1v) is 9.72. The lowest BCUT2D eigenvalue weighted by molar-refractivity contribution is -0.137. The van der Waals surface area contributed by atoms with Gasteiger partial charge >= 0.3 is 6.18 Å². The fourth-order valence-electron chi connectivity index (χ4n) is 3.35. The molecule has 0 aromatic carbocycles. The van der Waals surface area contributed by atoms with E-state index >= 15 is 0 Å². The number of alkyl halides is 3. The Kier molecular flexibility index (Phi) is 4.81. The Morgan fingerprint density at radius 3 is 2.28 bits per heavy atom. The van der Waals surface area contributed by atoms with Gasteiger partial charge in [0.15, 0.2) is 0 Å². The minimum absolute atomic E-state index is 0.0243. The molecule has 8 heteroatoms. The Morgan fingerprint density at radius 1 is 0.931 bits per heavy atom. The van der Waals surface area contributed by atoms with Crippen LogP contribution < -0.4 is 0 Å². The molecule has 1 atom stereocenters. The normalized spacial score (nSPS) is 13.7. The molecule has 4 rings (SSSR count). The fraction of sp³-hybridized carbons (Fsp3) is 0.333. The lowest BCUT2D eigenvalue weighted by Crippen LogP contribution is -2.05. The summed E-state index contributed by atoms with van der Waals surface area (Å²) in [5.41, 5.74) is 3.25. The number of pyridine rings is 2. The van der Waals surface area contributed by atoms with Crippen molar-refractivity contribution in [3.63, 3.8) is 0 Å². The van der Waals surface area contributed by atoms with Gasteiger partial charge < -0.3 is 8.80 Å². The Morgan fingerprint density at radius 2 is 1.59 bits per heavy atom. The maximum absolute atomic E-state index is 12.9. The standard InChI is InChI=1S/C21H20ClF3N4/c1-12(2)17-10-29-9-16(22)14(7-20(29)26-17)6-13(3)18-11-28-8-15(21(23,24)25)4-5-19(28)27-18/h4-5,7-13H,6H2,1-3H3. The smallest absolute Gasteiger partial charge is 0.306 e. The first-order valence-electron chi connectivity index (χ1n) is 9.34. The second kappa shape index (κ2) is 7.06. The second-order valence-corrected chi connectivity index (χ2v) is 8.09. The summed E-state index contributed by atoms with van der Waals surface area (Å²) < 4.78 is 42.1. The van der Waals surface area contributed by atoms with Crippen LogP contribution in [0.5, 0.6) is 0 Å². The van der Waals surface area contributed by atoms with Crippen LogP contribution in [0.25, 0.3) is 11.3 Å². The molecule has 0 fully saturated rings. The van der Waals surface area contributed by atoms with Crippen molar-refractivity contribution in [1.29, 1.82) is 0 Å². The number of halogens is 4. The lowest BCUT2D eigenvalue weighted by atomic mass is 9.99. The monoisotopic (exact) mass is 420 g/mol. The summed E-state index contributed by atoms with van der Waals surface area (Å²) in [6.45, 7) is 6.15. The van der Waals surface area contributed by atoms with E-state index in [1.807, 2.05) is 29.8 Å². The number of fused-ring (bicyclic) bond motifs is 2. The van der Waals surface area contributed by atoms with E-state index < -0.39 is 11.7 Å². The van der Waals surface area contributed by atoms with Crippen LogP contribution >= 0.6 is 11.6 Å². The van der Waals surface area contributed by atoms with E-state index in [9.17, 15) is 13.2 Å². The predicted octanol–water partition coefficient (Wildman–Crippen LogP) is 6.12. The van der Waals surface area contributed by atoms with Crippen molar-refractivity contribution < 1.29 is 13.2 Å². The van der Waals surface area contributed by atoms with E-state index in [4.69, 9.17) is 11.6 Å². The topological polar surface area (TPSA) is 34.6 Å². The van der Waals surface area contributed by atoms with Crippen LogP contribution in [0.1, 0.15) is 55.1 Å². The number of hydrogen-bond acceptors (Lipinski definition) is 2. The molecule has 4 heterocycles. The highest BCUT2D eigenvalue weighted by Gasteiger charge is 2.31. The largest absolute Gasteiger partial charge is 0.417 e. The average molecular weight is 421 g/mol. The van der Waals surface area contributed by atoms with E-state index in [0.717, 1.165) is 29.2 Å². The first-order chi connectivity index (χ1) is 13.6. The van der Waals surface area contributed by atoms with Gasteiger partial charge in [-0.15, -0.1) is 0 Å². The molecule has 0 saturated carbocycles. The molecule has 0 aliphatic carbocycles. The van der Waals surface area contributed by atoms with Crippen molar-refractivity contribution in [3.05, 3.63) is 70.5 Å². The van der Waals surface area contributed by atoms with Gasteiger partial charge in [0.1, 0.15) is 11.3 Å². The van der Waals surface area contributed by atoms with Crippen molar-refractivity contribution in [1.82, 2.24) is 18.8 Å². The maximum Gasteiger partial charge on any atom is 0.417 e.